The van der Waals surface area contributed by atoms with Crippen LogP contribution in [0.3, 0.4) is 0 Å². The lowest BCUT2D eigenvalue weighted by atomic mass is 9.74. The first-order valence-corrected chi connectivity index (χ1v) is 6.27. The maximum absolute atomic E-state index is 8.78. The summed E-state index contributed by atoms with van der Waals surface area (Å²) in [5.41, 5.74) is 0.604. The van der Waals surface area contributed by atoms with Crippen molar-refractivity contribution in [1.82, 2.24) is 4.90 Å². The van der Waals surface area contributed by atoms with Gasteiger partial charge >= 0.3 is 0 Å². The molecule has 0 spiro atoms. The largest absolute Gasteiger partial charge is 0.302 e. The highest BCUT2D eigenvalue weighted by molar-refractivity contribution is 4.87. The summed E-state index contributed by atoms with van der Waals surface area (Å²) in [5, 5.41) is 8.78. The SMILES string of the molecule is CCC1(CC)CCN(CC(C)C#N)CC1. The van der Waals surface area contributed by atoms with Crippen LogP contribution in [0.5, 0.6) is 0 Å². The minimum absolute atomic E-state index is 0.181. The van der Waals surface area contributed by atoms with Crippen LogP contribution in [0.25, 0.3) is 0 Å². The van der Waals surface area contributed by atoms with Crippen LogP contribution < -0.4 is 0 Å². The monoisotopic (exact) mass is 208 g/mol. The number of nitrogens with zero attached hydrogens (tertiary/aromatic N) is 2. The lowest BCUT2D eigenvalue weighted by Gasteiger charge is -2.41. The number of nitriles is 1. The van der Waals surface area contributed by atoms with Gasteiger partial charge in [-0.15, -0.1) is 0 Å². The van der Waals surface area contributed by atoms with Gasteiger partial charge in [0, 0.05) is 6.54 Å². The van der Waals surface area contributed by atoms with Gasteiger partial charge in [0.05, 0.1) is 12.0 Å². The molecule has 1 aliphatic heterocycles. The Balaban J connectivity index is 2.39. The third-order valence-corrected chi connectivity index (χ3v) is 4.17. The molecule has 86 valence electrons. The molecule has 2 nitrogen and oxygen atoms in total. The third-order valence-electron chi connectivity index (χ3n) is 4.17. The van der Waals surface area contributed by atoms with Gasteiger partial charge in [0.25, 0.3) is 0 Å². The molecule has 1 unspecified atom stereocenters. The predicted molar refractivity (Wildman–Crippen MR) is 63.5 cm³/mol. The number of rotatable bonds is 4. The zero-order valence-corrected chi connectivity index (χ0v) is 10.4. The van der Waals surface area contributed by atoms with Crippen molar-refractivity contribution in [3.63, 3.8) is 0 Å². The van der Waals surface area contributed by atoms with Gasteiger partial charge in [-0.2, -0.15) is 5.26 Å². The second-order valence-corrected chi connectivity index (χ2v) is 5.04. The summed E-state index contributed by atoms with van der Waals surface area (Å²) in [6.07, 6.45) is 5.26. The molecule has 1 rings (SSSR count). The normalized spacial score (nSPS) is 23.3. The molecule has 15 heavy (non-hydrogen) atoms. The van der Waals surface area contributed by atoms with Crippen LogP contribution in [-0.2, 0) is 0 Å². The van der Waals surface area contributed by atoms with Gasteiger partial charge in [-0.05, 0) is 38.3 Å². The van der Waals surface area contributed by atoms with E-state index in [1.54, 1.807) is 0 Å². The molecule has 0 aromatic carbocycles. The molecule has 1 saturated heterocycles. The molecule has 0 aromatic heterocycles. The summed E-state index contributed by atoms with van der Waals surface area (Å²) in [6, 6.07) is 2.32. The Morgan fingerprint density at radius 1 is 1.27 bits per heavy atom. The van der Waals surface area contributed by atoms with Crippen LogP contribution >= 0.6 is 0 Å². The van der Waals surface area contributed by atoms with Crippen molar-refractivity contribution in [1.29, 1.82) is 5.26 Å². The zero-order valence-electron chi connectivity index (χ0n) is 10.4. The van der Waals surface area contributed by atoms with Gasteiger partial charge in [0.15, 0.2) is 0 Å². The Hall–Kier alpha value is -0.550. The highest BCUT2D eigenvalue weighted by Gasteiger charge is 2.31. The molecule has 1 aliphatic rings. The molecule has 1 atom stereocenters. The Morgan fingerprint density at radius 2 is 1.80 bits per heavy atom. The lowest BCUT2D eigenvalue weighted by molar-refractivity contribution is 0.0906. The number of hydrogen-bond acceptors (Lipinski definition) is 2. The molecule has 0 radical (unpaired) electrons. The molecule has 0 aliphatic carbocycles. The Bertz CT molecular complexity index is 215. The highest BCUT2D eigenvalue weighted by atomic mass is 15.1. The van der Waals surface area contributed by atoms with Gasteiger partial charge < -0.3 is 4.90 Å². The van der Waals surface area contributed by atoms with E-state index < -0.39 is 0 Å². The smallest absolute Gasteiger partial charge is 0.0666 e. The van der Waals surface area contributed by atoms with Crippen molar-refractivity contribution in [3.05, 3.63) is 0 Å². The third kappa shape index (κ3) is 3.21. The second kappa shape index (κ2) is 5.51. The quantitative estimate of drug-likeness (QED) is 0.710. The van der Waals surface area contributed by atoms with Crippen LogP contribution in [0.1, 0.15) is 46.5 Å². The topological polar surface area (TPSA) is 27.0 Å². The minimum Gasteiger partial charge on any atom is -0.302 e. The van der Waals surface area contributed by atoms with Gasteiger partial charge in [-0.3, -0.25) is 0 Å². The minimum atomic E-state index is 0.181. The van der Waals surface area contributed by atoms with Crippen LogP contribution in [0.15, 0.2) is 0 Å². The fourth-order valence-electron chi connectivity index (χ4n) is 2.60. The molecule has 0 bridgehead atoms. The molecular formula is C13H24N2. The first kappa shape index (κ1) is 12.5. The molecule has 1 fully saturated rings. The van der Waals surface area contributed by atoms with Gasteiger partial charge in [-0.1, -0.05) is 26.7 Å². The van der Waals surface area contributed by atoms with E-state index in [-0.39, 0.29) is 5.92 Å². The summed E-state index contributed by atoms with van der Waals surface area (Å²) in [4.78, 5) is 2.46. The first-order chi connectivity index (χ1) is 7.15. The maximum atomic E-state index is 8.78. The van der Waals surface area contributed by atoms with Crippen molar-refractivity contribution in [2.24, 2.45) is 11.3 Å². The fourth-order valence-corrected chi connectivity index (χ4v) is 2.60. The van der Waals surface area contributed by atoms with E-state index in [9.17, 15) is 0 Å². The van der Waals surface area contributed by atoms with E-state index in [0.717, 1.165) is 6.54 Å². The average molecular weight is 208 g/mol. The molecule has 0 saturated carbocycles. The van der Waals surface area contributed by atoms with E-state index in [1.165, 1.54) is 38.8 Å². The number of piperidine rings is 1. The summed E-state index contributed by atoms with van der Waals surface area (Å²) in [7, 11) is 0. The highest BCUT2D eigenvalue weighted by Crippen LogP contribution is 2.37. The molecule has 0 amide bonds. The maximum Gasteiger partial charge on any atom is 0.0666 e. The molecular weight excluding hydrogens is 184 g/mol. The van der Waals surface area contributed by atoms with Crippen LogP contribution in [0.2, 0.25) is 0 Å². The molecule has 2 heteroatoms. The van der Waals surface area contributed by atoms with E-state index in [2.05, 4.69) is 24.8 Å². The first-order valence-electron chi connectivity index (χ1n) is 6.27. The van der Waals surface area contributed by atoms with Crippen LogP contribution in [0, 0.1) is 22.7 Å². The van der Waals surface area contributed by atoms with Crippen molar-refractivity contribution >= 4 is 0 Å². The molecule has 1 heterocycles. The zero-order chi connectivity index (χ0) is 11.3. The summed E-state index contributed by atoms with van der Waals surface area (Å²) >= 11 is 0. The predicted octanol–water partition coefficient (Wildman–Crippen LogP) is 3.05. The summed E-state index contributed by atoms with van der Waals surface area (Å²) < 4.78 is 0. The van der Waals surface area contributed by atoms with Crippen molar-refractivity contribution in [2.45, 2.75) is 46.5 Å². The van der Waals surface area contributed by atoms with E-state index in [0.29, 0.717) is 5.41 Å². The summed E-state index contributed by atoms with van der Waals surface area (Å²) in [6.45, 7) is 9.98. The van der Waals surface area contributed by atoms with E-state index in [1.807, 2.05) is 6.92 Å². The Labute approximate surface area is 94.3 Å². The van der Waals surface area contributed by atoms with Gasteiger partial charge in [0.2, 0.25) is 0 Å². The molecule has 0 N–H and O–H groups in total. The van der Waals surface area contributed by atoms with E-state index >= 15 is 0 Å². The fraction of sp³-hybridized carbons (Fsp3) is 0.923. The van der Waals surface area contributed by atoms with Crippen LogP contribution in [0.4, 0.5) is 0 Å². The van der Waals surface area contributed by atoms with Crippen LogP contribution in [-0.4, -0.2) is 24.5 Å². The van der Waals surface area contributed by atoms with Crippen molar-refractivity contribution in [3.8, 4) is 6.07 Å². The van der Waals surface area contributed by atoms with E-state index in [4.69, 9.17) is 5.26 Å². The number of likely N-dealkylation sites (tertiary alicyclic amines) is 1. The van der Waals surface area contributed by atoms with Crippen molar-refractivity contribution in [2.75, 3.05) is 19.6 Å². The van der Waals surface area contributed by atoms with Gasteiger partial charge in [-0.25, -0.2) is 0 Å². The van der Waals surface area contributed by atoms with Gasteiger partial charge in [0.1, 0.15) is 0 Å². The lowest BCUT2D eigenvalue weighted by Crippen LogP contribution is -2.41. The standard InChI is InChI=1S/C13H24N2/c1-4-13(5-2)6-8-15(9-7-13)11-12(3)10-14/h12H,4-9,11H2,1-3H3. The summed E-state index contributed by atoms with van der Waals surface area (Å²) in [5.74, 6) is 0.181. The number of hydrogen-bond donors (Lipinski definition) is 0. The Kier molecular flexibility index (Phi) is 4.60. The average Bonchev–Trinajstić information content (AvgIpc) is 2.30. The molecule has 0 aromatic rings. The second-order valence-electron chi connectivity index (χ2n) is 5.04. The Morgan fingerprint density at radius 3 is 2.20 bits per heavy atom. The van der Waals surface area contributed by atoms with Crippen molar-refractivity contribution < 1.29 is 0 Å².